The number of carboxylic acids is 1. The second-order valence-electron chi connectivity index (χ2n) is 4.53. The first-order valence-electron chi connectivity index (χ1n) is 6.50. The largest absolute Gasteiger partial charge is 0.491 e. The van der Waals surface area contributed by atoms with E-state index in [0.29, 0.717) is 12.2 Å². The van der Waals surface area contributed by atoms with E-state index in [2.05, 4.69) is 11.9 Å². The number of aliphatic carboxylic acids is 1. The van der Waals surface area contributed by atoms with Crippen LogP contribution in [0.5, 0.6) is 5.75 Å². The van der Waals surface area contributed by atoms with E-state index in [-0.39, 0.29) is 13.2 Å². The van der Waals surface area contributed by atoms with Gasteiger partial charge in [-0.3, -0.25) is 4.79 Å². The Morgan fingerprint density at radius 2 is 2.20 bits per heavy atom. The molecule has 0 saturated heterocycles. The van der Waals surface area contributed by atoms with Crippen LogP contribution in [-0.4, -0.2) is 41.5 Å². The van der Waals surface area contributed by atoms with Crippen LogP contribution in [0.2, 0.25) is 0 Å². The zero-order chi connectivity index (χ0) is 15.0. The molecule has 5 nitrogen and oxygen atoms in total. The summed E-state index contributed by atoms with van der Waals surface area (Å²) in [5.41, 5.74) is 1.00. The summed E-state index contributed by atoms with van der Waals surface area (Å²) in [5, 5.41) is 21.2. The standard InChI is InChI=1S/C15H21NO4/c1-3-6-12-7-4-5-8-14(12)20-10-13(17)9-16-11(2)15(18)19/h3-5,7-8,11,13,16-17H,1,6,9-10H2,2H3,(H,18,19). The first-order valence-corrected chi connectivity index (χ1v) is 6.50. The lowest BCUT2D eigenvalue weighted by molar-refractivity contribution is -0.139. The molecule has 0 bridgehead atoms. The molecule has 0 amide bonds. The fraction of sp³-hybridized carbons (Fsp3) is 0.400. The van der Waals surface area contributed by atoms with Gasteiger partial charge in [0.1, 0.15) is 24.5 Å². The summed E-state index contributed by atoms with van der Waals surface area (Å²) in [7, 11) is 0. The Hall–Kier alpha value is -1.85. The van der Waals surface area contributed by atoms with Crippen molar-refractivity contribution in [3.8, 4) is 5.75 Å². The molecule has 1 rings (SSSR count). The Bertz CT molecular complexity index is 447. The van der Waals surface area contributed by atoms with Crippen molar-refractivity contribution in [2.24, 2.45) is 0 Å². The first kappa shape index (κ1) is 16.2. The molecule has 0 aliphatic heterocycles. The maximum Gasteiger partial charge on any atom is 0.320 e. The van der Waals surface area contributed by atoms with Crippen LogP contribution < -0.4 is 10.1 Å². The summed E-state index contributed by atoms with van der Waals surface area (Å²) in [5.74, 6) is -0.243. The smallest absolute Gasteiger partial charge is 0.320 e. The lowest BCUT2D eigenvalue weighted by Gasteiger charge is -2.16. The lowest BCUT2D eigenvalue weighted by Crippen LogP contribution is -2.40. The first-order chi connectivity index (χ1) is 9.54. The molecule has 5 heteroatoms. The van der Waals surface area contributed by atoms with Crippen LogP contribution in [0.25, 0.3) is 0 Å². The van der Waals surface area contributed by atoms with Gasteiger partial charge in [0.2, 0.25) is 0 Å². The molecule has 0 aliphatic carbocycles. The molecule has 2 unspecified atom stereocenters. The van der Waals surface area contributed by atoms with Crippen molar-refractivity contribution in [2.45, 2.75) is 25.5 Å². The minimum Gasteiger partial charge on any atom is -0.491 e. The van der Waals surface area contributed by atoms with Gasteiger partial charge in [0.05, 0.1) is 0 Å². The average molecular weight is 279 g/mol. The van der Waals surface area contributed by atoms with Crippen LogP contribution in [0, 0.1) is 0 Å². The van der Waals surface area contributed by atoms with Crippen LogP contribution >= 0.6 is 0 Å². The zero-order valence-corrected chi connectivity index (χ0v) is 11.6. The Morgan fingerprint density at radius 1 is 1.50 bits per heavy atom. The predicted molar refractivity (Wildman–Crippen MR) is 76.9 cm³/mol. The monoisotopic (exact) mass is 279 g/mol. The highest BCUT2D eigenvalue weighted by Crippen LogP contribution is 2.18. The number of hydrogen-bond acceptors (Lipinski definition) is 4. The van der Waals surface area contributed by atoms with Crippen molar-refractivity contribution in [3.05, 3.63) is 42.5 Å². The summed E-state index contributed by atoms with van der Waals surface area (Å²) in [4.78, 5) is 10.6. The number of aliphatic hydroxyl groups is 1. The molecule has 110 valence electrons. The number of para-hydroxylation sites is 1. The van der Waals surface area contributed by atoms with Crippen molar-refractivity contribution in [3.63, 3.8) is 0 Å². The van der Waals surface area contributed by atoms with Crippen molar-refractivity contribution in [1.82, 2.24) is 5.32 Å². The van der Waals surface area contributed by atoms with Crippen LogP contribution in [-0.2, 0) is 11.2 Å². The summed E-state index contributed by atoms with van der Waals surface area (Å²) in [6.07, 6.45) is 1.71. The number of nitrogens with one attached hydrogen (secondary N) is 1. The molecular weight excluding hydrogens is 258 g/mol. The van der Waals surface area contributed by atoms with Gasteiger partial charge in [-0.1, -0.05) is 24.3 Å². The Kier molecular flexibility index (Phi) is 6.76. The Labute approximate surface area is 118 Å². The summed E-state index contributed by atoms with van der Waals surface area (Å²) >= 11 is 0. The van der Waals surface area contributed by atoms with Crippen molar-refractivity contribution < 1.29 is 19.7 Å². The minimum atomic E-state index is -0.950. The van der Waals surface area contributed by atoms with Crippen LogP contribution in [0.1, 0.15) is 12.5 Å². The minimum absolute atomic E-state index is 0.105. The van der Waals surface area contributed by atoms with E-state index in [1.54, 1.807) is 6.08 Å². The molecule has 0 fully saturated rings. The number of hydrogen-bond donors (Lipinski definition) is 3. The van der Waals surface area contributed by atoms with Crippen LogP contribution in [0.4, 0.5) is 0 Å². The highest BCUT2D eigenvalue weighted by atomic mass is 16.5. The topological polar surface area (TPSA) is 78.8 Å². The molecule has 0 saturated carbocycles. The molecule has 1 aromatic rings. The van der Waals surface area contributed by atoms with E-state index >= 15 is 0 Å². The third-order valence-corrected chi connectivity index (χ3v) is 2.80. The van der Waals surface area contributed by atoms with E-state index in [1.807, 2.05) is 24.3 Å². The van der Waals surface area contributed by atoms with Gasteiger partial charge in [0, 0.05) is 6.54 Å². The summed E-state index contributed by atoms with van der Waals surface area (Å²) in [6.45, 7) is 5.48. The zero-order valence-electron chi connectivity index (χ0n) is 11.6. The number of benzene rings is 1. The van der Waals surface area contributed by atoms with E-state index < -0.39 is 18.1 Å². The van der Waals surface area contributed by atoms with Crippen LogP contribution in [0.15, 0.2) is 36.9 Å². The fourth-order valence-electron chi connectivity index (χ4n) is 1.61. The van der Waals surface area contributed by atoms with Crippen molar-refractivity contribution in [2.75, 3.05) is 13.2 Å². The second kappa shape index (κ2) is 8.35. The highest BCUT2D eigenvalue weighted by molar-refractivity contribution is 5.72. The quantitative estimate of drug-likeness (QED) is 0.592. The van der Waals surface area contributed by atoms with Gasteiger partial charge < -0.3 is 20.3 Å². The molecule has 20 heavy (non-hydrogen) atoms. The summed E-state index contributed by atoms with van der Waals surface area (Å²) in [6, 6.07) is 6.85. The normalized spacial score (nSPS) is 13.5. The number of carbonyl (C=O) groups is 1. The predicted octanol–water partition coefficient (Wildman–Crippen LogP) is 1.22. The number of aliphatic hydroxyl groups excluding tert-OH is 1. The third kappa shape index (κ3) is 5.42. The molecule has 0 heterocycles. The Balaban J connectivity index is 2.42. The number of rotatable bonds is 9. The summed E-state index contributed by atoms with van der Waals surface area (Å²) < 4.78 is 5.56. The average Bonchev–Trinajstić information content (AvgIpc) is 2.44. The van der Waals surface area contributed by atoms with E-state index in [4.69, 9.17) is 9.84 Å². The molecule has 1 aromatic carbocycles. The van der Waals surface area contributed by atoms with Gasteiger partial charge in [-0.15, -0.1) is 6.58 Å². The molecule has 0 aromatic heterocycles. The van der Waals surface area contributed by atoms with Crippen molar-refractivity contribution in [1.29, 1.82) is 0 Å². The number of allylic oxidation sites excluding steroid dienone is 1. The molecular formula is C15H21NO4. The molecule has 0 radical (unpaired) electrons. The molecule has 0 aliphatic rings. The fourth-order valence-corrected chi connectivity index (χ4v) is 1.61. The maximum atomic E-state index is 10.6. The van der Waals surface area contributed by atoms with Gasteiger partial charge in [0.25, 0.3) is 0 Å². The van der Waals surface area contributed by atoms with Crippen molar-refractivity contribution >= 4 is 5.97 Å². The highest BCUT2D eigenvalue weighted by Gasteiger charge is 2.13. The van der Waals surface area contributed by atoms with Gasteiger partial charge in [0.15, 0.2) is 0 Å². The van der Waals surface area contributed by atoms with Crippen LogP contribution in [0.3, 0.4) is 0 Å². The van der Waals surface area contributed by atoms with E-state index in [9.17, 15) is 9.90 Å². The number of carboxylic acid groups (broad SMARTS) is 1. The molecule has 0 spiro atoms. The van der Waals surface area contributed by atoms with E-state index in [0.717, 1.165) is 5.56 Å². The van der Waals surface area contributed by atoms with Gasteiger partial charge in [-0.25, -0.2) is 0 Å². The maximum absolute atomic E-state index is 10.6. The molecule has 3 N–H and O–H groups in total. The lowest BCUT2D eigenvalue weighted by atomic mass is 10.1. The van der Waals surface area contributed by atoms with Gasteiger partial charge in [-0.05, 0) is 25.0 Å². The second-order valence-corrected chi connectivity index (χ2v) is 4.53. The third-order valence-electron chi connectivity index (χ3n) is 2.80. The molecule has 2 atom stereocenters. The Morgan fingerprint density at radius 3 is 2.85 bits per heavy atom. The van der Waals surface area contributed by atoms with Gasteiger partial charge in [-0.2, -0.15) is 0 Å². The van der Waals surface area contributed by atoms with E-state index in [1.165, 1.54) is 6.92 Å². The number of ether oxygens (including phenoxy) is 1. The van der Waals surface area contributed by atoms with Gasteiger partial charge >= 0.3 is 5.97 Å². The SMILES string of the molecule is C=CCc1ccccc1OCC(O)CNC(C)C(=O)O.